The molecule has 1 aromatic rings. The highest BCUT2D eigenvalue weighted by Gasteiger charge is 2.24. The molecule has 0 radical (unpaired) electrons. The SMILES string of the molecule is COC(=O)CCSc1cccc(NC(=O)N2CCC(O)C2)c1. The number of thioether (sulfide) groups is 1. The van der Waals surface area contributed by atoms with E-state index in [1.165, 1.54) is 18.9 Å². The number of aliphatic hydroxyl groups is 1. The quantitative estimate of drug-likeness (QED) is 0.639. The first-order valence-electron chi connectivity index (χ1n) is 7.12. The number of methoxy groups -OCH3 is 1. The molecular formula is C15H20N2O4S. The molecule has 2 N–H and O–H groups in total. The van der Waals surface area contributed by atoms with Crippen LogP contribution >= 0.6 is 11.8 Å². The Labute approximate surface area is 133 Å². The van der Waals surface area contributed by atoms with Gasteiger partial charge in [-0.2, -0.15) is 0 Å². The zero-order valence-electron chi connectivity index (χ0n) is 12.4. The second-order valence-electron chi connectivity index (χ2n) is 5.02. The van der Waals surface area contributed by atoms with Crippen molar-refractivity contribution in [3.63, 3.8) is 0 Å². The number of carbonyl (C=O) groups excluding carboxylic acids is 2. The largest absolute Gasteiger partial charge is 0.469 e. The van der Waals surface area contributed by atoms with Gasteiger partial charge < -0.3 is 20.1 Å². The summed E-state index contributed by atoms with van der Waals surface area (Å²) >= 11 is 1.53. The molecule has 1 heterocycles. The van der Waals surface area contributed by atoms with Crippen LogP contribution in [0.3, 0.4) is 0 Å². The summed E-state index contributed by atoms with van der Waals surface area (Å²) in [6.07, 6.45) is 0.547. The van der Waals surface area contributed by atoms with Gasteiger partial charge in [0.1, 0.15) is 0 Å². The third-order valence-corrected chi connectivity index (χ3v) is 4.33. The lowest BCUT2D eigenvalue weighted by molar-refractivity contribution is -0.140. The van der Waals surface area contributed by atoms with Crippen LogP contribution < -0.4 is 5.32 Å². The number of β-amino-alcohol motifs (C(OH)–C–C–N with tert-alkyl or cyclic N) is 1. The van der Waals surface area contributed by atoms with Crippen LogP contribution in [0.4, 0.5) is 10.5 Å². The lowest BCUT2D eigenvalue weighted by Crippen LogP contribution is -2.33. The highest BCUT2D eigenvalue weighted by atomic mass is 32.2. The van der Waals surface area contributed by atoms with E-state index < -0.39 is 6.10 Å². The third kappa shape index (κ3) is 4.92. The smallest absolute Gasteiger partial charge is 0.321 e. The molecule has 0 aromatic heterocycles. The van der Waals surface area contributed by atoms with Gasteiger partial charge in [-0.25, -0.2) is 4.79 Å². The fourth-order valence-electron chi connectivity index (χ4n) is 2.15. The van der Waals surface area contributed by atoms with E-state index in [0.29, 0.717) is 37.4 Å². The molecule has 1 aliphatic rings. The molecular weight excluding hydrogens is 304 g/mol. The average Bonchev–Trinajstić information content (AvgIpc) is 2.94. The normalized spacial score (nSPS) is 17.4. The van der Waals surface area contributed by atoms with Gasteiger partial charge in [-0.05, 0) is 24.6 Å². The van der Waals surface area contributed by atoms with Crippen molar-refractivity contribution in [2.45, 2.75) is 23.8 Å². The minimum absolute atomic E-state index is 0.201. The second-order valence-corrected chi connectivity index (χ2v) is 6.19. The predicted octanol–water partition coefficient (Wildman–Crippen LogP) is 1.94. The van der Waals surface area contributed by atoms with Crippen LogP contribution in [0.15, 0.2) is 29.2 Å². The summed E-state index contributed by atoms with van der Waals surface area (Å²) in [5, 5.41) is 12.3. The molecule has 1 saturated heterocycles. The van der Waals surface area contributed by atoms with Crippen LogP contribution in [0.5, 0.6) is 0 Å². The third-order valence-electron chi connectivity index (χ3n) is 3.34. The molecule has 2 amide bonds. The van der Waals surface area contributed by atoms with Crippen molar-refractivity contribution >= 4 is 29.4 Å². The van der Waals surface area contributed by atoms with E-state index in [-0.39, 0.29) is 12.0 Å². The molecule has 1 atom stereocenters. The zero-order valence-corrected chi connectivity index (χ0v) is 13.3. The molecule has 120 valence electrons. The van der Waals surface area contributed by atoms with Crippen molar-refractivity contribution in [1.82, 2.24) is 4.90 Å². The first-order valence-corrected chi connectivity index (χ1v) is 8.10. The van der Waals surface area contributed by atoms with Crippen LogP contribution in [0, 0.1) is 0 Å². The lowest BCUT2D eigenvalue weighted by Gasteiger charge is -2.16. The Morgan fingerprint density at radius 1 is 1.50 bits per heavy atom. The van der Waals surface area contributed by atoms with E-state index in [4.69, 9.17) is 0 Å². The fraction of sp³-hybridized carbons (Fsp3) is 0.467. The van der Waals surface area contributed by atoms with Crippen molar-refractivity contribution in [3.8, 4) is 0 Å². The first-order chi connectivity index (χ1) is 10.6. The Kier molecular flexibility index (Phi) is 6.09. The summed E-state index contributed by atoms with van der Waals surface area (Å²) in [6, 6.07) is 7.26. The minimum atomic E-state index is -0.425. The second kappa shape index (κ2) is 8.05. The highest BCUT2D eigenvalue weighted by Crippen LogP contribution is 2.23. The van der Waals surface area contributed by atoms with Gasteiger partial charge in [-0.1, -0.05) is 6.07 Å². The minimum Gasteiger partial charge on any atom is -0.469 e. The van der Waals surface area contributed by atoms with Crippen LogP contribution in [0.1, 0.15) is 12.8 Å². The maximum absolute atomic E-state index is 12.0. The summed E-state index contributed by atoms with van der Waals surface area (Å²) in [5.41, 5.74) is 0.703. The van der Waals surface area contributed by atoms with E-state index in [1.807, 2.05) is 24.3 Å². The summed E-state index contributed by atoms with van der Waals surface area (Å²) < 4.78 is 4.59. The Hall–Kier alpha value is -1.73. The first kappa shape index (κ1) is 16.6. The number of benzene rings is 1. The van der Waals surface area contributed by atoms with E-state index in [2.05, 4.69) is 10.1 Å². The number of hydrogen-bond acceptors (Lipinski definition) is 5. The topological polar surface area (TPSA) is 78.9 Å². The van der Waals surface area contributed by atoms with Crippen LogP contribution in [-0.2, 0) is 9.53 Å². The number of carbonyl (C=O) groups is 2. The van der Waals surface area contributed by atoms with Gasteiger partial charge in [0.2, 0.25) is 0 Å². The van der Waals surface area contributed by atoms with Gasteiger partial charge in [-0.15, -0.1) is 11.8 Å². The number of urea groups is 1. The number of hydrogen-bond donors (Lipinski definition) is 2. The summed E-state index contributed by atoms with van der Waals surface area (Å²) in [4.78, 5) is 25.7. The molecule has 0 aliphatic carbocycles. The van der Waals surface area contributed by atoms with E-state index in [9.17, 15) is 14.7 Å². The number of anilines is 1. The van der Waals surface area contributed by atoms with E-state index in [1.54, 1.807) is 4.90 Å². The Morgan fingerprint density at radius 3 is 3.00 bits per heavy atom. The maximum Gasteiger partial charge on any atom is 0.321 e. The van der Waals surface area contributed by atoms with Gasteiger partial charge in [0, 0.05) is 29.4 Å². The van der Waals surface area contributed by atoms with Crippen molar-refractivity contribution in [2.24, 2.45) is 0 Å². The number of nitrogens with one attached hydrogen (secondary N) is 1. The van der Waals surface area contributed by atoms with E-state index >= 15 is 0 Å². The molecule has 7 heteroatoms. The number of likely N-dealkylation sites (tertiary alicyclic amines) is 1. The Bertz CT molecular complexity index is 538. The summed E-state index contributed by atoms with van der Waals surface area (Å²) in [5.74, 6) is 0.395. The number of nitrogens with zero attached hydrogens (tertiary/aromatic N) is 1. The number of amides is 2. The average molecular weight is 324 g/mol. The van der Waals surface area contributed by atoms with Crippen molar-refractivity contribution in [1.29, 1.82) is 0 Å². The van der Waals surface area contributed by atoms with Crippen LogP contribution in [0.2, 0.25) is 0 Å². The molecule has 1 unspecified atom stereocenters. The monoisotopic (exact) mass is 324 g/mol. The Balaban J connectivity index is 1.85. The molecule has 2 rings (SSSR count). The number of ether oxygens (including phenoxy) is 1. The summed E-state index contributed by atoms with van der Waals surface area (Å²) in [6.45, 7) is 0.944. The van der Waals surface area contributed by atoms with Crippen LogP contribution in [-0.4, -0.2) is 54.1 Å². The molecule has 6 nitrogen and oxygen atoms in total. The van der Waals surface area contributed by atoms with Gasteiger partial charge in [-0.3, -0.25) is 4.79 Å². The standard InChI is InChI=1S/C15H20N2O4S/c1-21-14(19)6-8-22-13-4-2-3-11(9-13)16-15(20)17-7-5-12(18)10-17/h2-4,9,12,18H,5-8,10H2,1H3,(H,16,20). The van der Waals surface area contributed by atoms with Crippen molar-refractivity contribution in [3.05, 3.63) is 24.3 Å². The van der Waals surface area contributed by atoms with Gasteiger partial charge in [0.05, 0.1) is 19.6 Å². The number of rotatable bonds is 5. The maximum atomic E-state index is 12.0. The van der Waals surface area contributed by atoms with Crippen molar-refractivity contribution < 1.29 is 19.4 Å². The van der Waals surface area contributed by atoms with Gasteiger partial charge >= 0.3 is 12.0 Å². The van der Waals surface area contributed by atoms with Gasteiger partial charge in [0.25, 0.3) is 0 Å². The highest BCUT2D eigenvalue weighted by molar-refractivity contribution is 7.99. The predicted molar refractivity (Wildman–Crippen MR) is 85.0 cm³/mol. The molecule has 0 saturated carbocycles. The lowest BCUT2D eigenvalue weighted by atomic mass is 10.3. The molecule has 1 aliphatic heterocycles. The van der Waals surface area contributed by atoms with E-state index in [0.717, 1.165) is 4.90 Å². The molecule has 1 fully saturated rings. The van der Waals surface area contributed by atoms with Crippen molar-refractivity contribution in [2.75, 3.05) is 31.3 Å². The molecule has 0 spiro atoms. The number of esters is 1. The fourth-order valence-corrected chi connectivity index (χ4v) is 3.04. The van der Waals surface area contributed by atoms with Gasteiger partial charge in [0.15, 0.2) is 0 Å². The molecule has 0 bridgehead atoms. The Morgan fingerprint density at radius 2 is 2.32 bits per heavy atom. The number of aliphatic hydroxyl groups excluding tert-OH is 1. The molecule has 1 aromatic carbocycles. The summed E-state index contributed by atoms with van der Waals surface area (Å²) in [7, 11) is 1.37. The zero-order chi connectivity index (χ0) is 15.9. The molecule has 22 heavy (non-hydrogen) atoms. The van der Waals surface area contributed by atoms with Crippen LogP contribution in [0.25, 0.3) is 0 Å².